The van der Waals surface area contributed by atoms with Crippen LogP contribution in [-0.2, 0) is 14.6 Å². The first kappa shape index (κ1) is 11.0. The molecule has 5 heteroatoms. The Morgan fingerprint density at radius 3 is 2.54 bits per heavy atom. The minimum atomic E-state index is -2.86. The van der Waals surface area contributed by atoms with E-state index < -0.39 is 9.84 Å². The number of carbonyl (C=O) groups is 1. The largest absolute Gasteiger partial charge is 0.298 e. The van der Waals surface area contributed by atoms with Crippen LogP contribution in [0.4, 0.5) is 0 Å². The molecule has 1 saturated carbocycles. The number of thioether (sulfide) groups is 1. The number of hydrogen-bond acceptors (Lipinski definition) is 4. The minimum absolute atomic E-state index is 0.176. The van der Waals surface area contributed by atoms with Gasteiger partial charge in [-0.05, 0) is 12.8 Å². The van der Waals surface area contributed by atoms with E-state index in [1.54, 1.807) is 0 Å². The molecule has 0 N–H and O–H groups in total. The first-order valence-corrected chi connectivity index (χ1v) is 7.49. The molecule has 1 rings (SSSR count). The van der Waals surface area contributed by atoms with Crippen molar-refractivity contribution in [2.24, 2.45) is 5.92 Å². The molecule has 0 heterocycles. The second-order valence-corrected chi connectivity index (χ2v) is 6.79. The van der Waals surface area contributed by atoms with Gasteiger partial charge in [0, 0.05) is 17.9 Å². The molecule has 0 spiro atoms. The standard InChI is InChI=1S/C8H14O3S2/c1-13(10,11)5-4-12-6-8(9)7-2-3-7/h7H,2-6H2,1H3. The summed E-state index contributed by atoms with van der Waals surface area (Å²) >= 11 is 1.43. The normalized spacial score (nSPS) is 17.3. The SMILES string of the molecule is CS(=O)(=O)CCSCC(=O)C1CC1. The first-order valence-electron chi connectivity index (χ1n) is 4.27. The van der Waals surface area contributed by atoms with Gasteiger partial charge in [-0.15, -0.1) is 0 Å². The summed E-state index contributed by atoms with van der Waals surface area (Å²) in [6.45, 7) is 0. The van der Waals surface area contributed by atoms with E-state index in [1.165, 1.54) is 18.0 Å². The molecular weight excluding hydrogens is 208 g/mol. The van der Waals surface area contributed by atoms with Crippen molar-refractivity contribution in [3.8, 4) is 0 Å². The molecule has 0 radical (unpaired) electrons. The molecule has 1 aliphatic carbocycles. The van der Waals surface area contributed by atoms with Gasteiger partial charge in [0.1, 0.15) is 15.6 Å². The van der Waals surface area contributed by atoms with Gasteiger partial charge in [0.15, 0.2) is 0 Å². The van der Waals surface area contributed by atoms with Gasteiger partial charge in [-0.2, -0.15) is 11.8 Å². The second-order valence-electron chi connectivity index (χ2n) is 3.42. The molecule has 0 aromatic rings. The highest BCUT2D eigenvalue weighted by molar-refractivity contribution is 8.01. The van der Waals surface area contributed by atoms with Crippen molar-refractivity contribution in [2.75, 3.05) is 23.5 Å². The van der Waals surface area contributed by atoms with Crippen molar-refractivity contribution in [2.45, 2.75) is 12.8 Å². The zero-order valence-electron chi connectivity index (χ0n) is 7.65. The van der Waals surface area contributed by atoms with E-state index in [2.05, 4.69) is 0 Å². The fraction of sp³-hybridized carbons (Fsp3) is 0.875. The Morgan fingerprint density at radius 1 is 1.46 bits per heavy atom. The number of ketones is 1. The lowest BCUT2D eigenvalue weighted by molar-refractivity contribution is -0.117. The van der Waals surface area contributed by atoms with Crippen LogP contribution in [0.25, 0.3) is 0 Å². The molecule has 0 aromatic heterocycles. The molecular formula is C8H14O3S2. The average Bonchev–Trinajstić information content (AvgIpc) is 2.77. The fourth-order valence-corrected chi connectivity index (χ4v) is 3.17. The molecule has 0 aliphatic heterocycles. The van der Waals surface area contributed by atoms with E-state index in [-0.39, 0.29) is 5.75 Å². The van der Waals surface area contributed by atoms with Crippen LogP contribution >= 0.6 is 11.8 Å². The van der Waals surface area contributed by atoms with Crippen LogP contribution < -0.4 is 0 Å². The van der Waals surface area contributed by atoms with Crippen LogP contribution in [0.1, 0.15) is 12.8 Å². The van der Waals surface area contributed by atoms with Crippen LogP contribution in [0.3, 0.4) is 0 Å². The predicted molar refractivity (Wildman–Crippen MR) is 54.8 cm³/mol. The molecule has 0 bridgehead atoms. The maximum absolute atomic E-state index is 11.2. The fourth-order valence-electron chi connectivity index (χ4n) is 0.906. The molecule has 0 unspecified atom stereocenters. The van der Waals surface area contributed by atoms with E-state index in [4.69, 9.17) is 0 Å². The summed E-state index contributed by atoms with van der Waals surface area (Å²) in [4.78, 5) is 11.2. The summed E-state index contributed by atoms with van der Waals surface area (Å²) in [6.07, 6.45) is 3.28. The third-order valence-corrected chi connectivity index (χ3v) is 4.06. The van der Waals surface area contributed by atoms with Gasteiger partial charge in [-0.3, -0.25) is 4.79 Å². The molecule has 1 aliphatic rings. The number of rotatable bonds is 6. The molecule has 3 nitrogen and oxygen atoms in total. The Balaban J connectivity index is 2.04. The molecule has 0 atom stereocenters. The molecule has 0 saturated heterocycles. The summed E-state index contributed by atoms with van der Waals surface area (Å²) in [7, 11) is -2.86. The second kappa shape index (κ2) is 4.46. The number of sulfone groups is 1. The average molecular weight is 222 g/mol. The van der Waals surface area contributed by atoms with Crippen molar-refractivity contribution in [1.82, 2.24) is 0 Å². The Morgan fingerprint density at radius 2 is 2.08 bits per heavy atom. The summed E-state index contributed by atoms with van der Waals surface area (Å²) < 4.78 is 21.4. The van der Waals surface area contributed by atoms with Crippen LogP contribution in [0, 0.1) is 5.92 Å². The van der Waals surface area contributed by atoms with E-state index in [0.717, 1.165) is 12.8 Å². The third kappa shape index (κ3) is 5.31. The van der Waals surface area contributed by atoms with Gasteiger partial charge < -0.3 is 0 Å². The predicted octanol–water partition coefficient (Wildman–Crippen LogP) is 0.743. The minimum Gasteiger partial charge on any atom is -0.298 e. The zero-order chi connectivity index (χ0) is 9.90. The lowest BCUT2D eigenvalue weighted by atomic mass is 10.3. The molecule has 0 amide bonds. The van der Waals surface area contributed by atoms with Gasteiger partial charge in [-0.1, -0.05) is 0 Å². The van der Waals surface area contributed by atoms with Crippen LogP contribution in [0.15, 0.2) is 0 Å². The quantitative estimate of drug-likeness (QED) is 0.622. The Bertz CT molecular complexity index is 278. The summed E-state index contributed by atoms with van der Waals surface area (Å²) in [6, 6.07) is 0. The van der Waals surface area contributed by atoms with Crippen molar-refractivity contribution in [3.63, 3.8) is 0 Å². The van der Waals surface area contributed by atoms with E-state index in [9.17, 15) is 13.2 Å². The summed E-state index contributed by atoms with van der Waals surface area (Å²) in [5.74, 6) is 1.79. The lowest BCUT2D eigenvalue weighted by Crippen LogP contribution is -2.09. The van der Waals surface area contributed by atoms with Crippen molar-refractivity contribution in [3.05, 3.63) is 0 Å². The van der Waals surface area contributed by atoms with Gasteiger partial charge in [0.05, 0.1) is 11.5 Å². The van der Waals surface area contributed by atoms with E-state index in [1.807, 2.05) is 0 Å². The monoisotopic (exact) mass is 222 g/mol. The van der Waals surface area contributed by atoms with Crippen LogP contribution in [-0.4, -0.2) is 37.7 Å². The van der Waals surface area contributed by atoms with E-state index >= 15 is 0 Å². The molecule has 76 valence electrons. The maximum atomic E-state index is 11.2. The maximum Gasteiger partial charge on any atom is 0.148 e. The Kier molecular flexibility index (Phi) is 3.79. The van der Waals surface area contributed by atoms with Crippen LogP contribution in [0.5, 0.6) is 0 Å². The zero-order valence-corrected chi connectivity index (χ0v) is 9.29. The smallest absolute Gasteiger partial charge is 0.148 e. The van der Waals surface area contributed by atoms with Gasteiger partial charge in [-0.25, -0.2) is 8.42 Å². The Hall–Kier alpha value is -0.0300. The number of carbonyl (C=O) groups excluding carboxylic acids is 1. The Labute approximate surface area is 83.2 Å². The van der Waals surface area contributed by atoms with Crippen molar-refractivity contribution >= 4 is 27.4 Å². The highest BCUT2D eigenvalue weighted by Crippen LogP contribution is 2.30. The number of Topliss-reactive ketones (excluding diaryl/α,β-unsaturated/α-hetero) is 1. The first-order chi connectivity index (χ1) is 5.99. The molecule has 13 heavy (non-hydrogen) atoms. The number of hydrogen-bond donors (Lipinski definition) is 0. The van der Waals surface area contributed by atoms with Gasteiger partial charge >= 0.3 is 0 Å². The highest BCUT2D eigenvalue weighted by atomic mass is 32.2. The topological polar surface area (TPSA) is 51.2 Å². The van der Waals surface area contributed by atoms with Crippen LogP contribution in [0.2, 0.25) is 0 Å². The van der Waals surface area contributed by atoms with Crippen molar-refractivity contribution in [1.29, 1.82) is 0 Å². The third-order valence-electron chi connectivity index (χ3n) is 1.88. The molecule has 0 aromatic carbocycles. The van der Waals surface area contributed by atoms with Crippen molar-refractivity contribution < 1.29 is 13.2 Å². The molecule has 1 fully saturated rings. The van der Waals surface area contributed by atoms with E-state index in [0.29, 0.717) is 23.2 Å². The summed E-state index contributed by atoms with van der Waals surface area (Å²) in [5.41, 5.74) is 0. The van der Waals surface area contributed by atoms with Gasteiger partial charge in [0.25, 0.3) is 0 Å². The lowest BCUT2D eigenvalue weighted by Gasteiger charge is -1.98. The highest BCUT2D eigenvalue weighted by Gasteiger charge is 2.28. The summed E-state index contributed by atoms with van der Waals surface area (Å²) in [5, 5.41) is 0. The van der Waals surface area contributed by atoms with Gasteiger partial charge in [0.2, 0.25) is 0 Å².